The molecule has 4 rings (SSSR count). The molecule has 21 heavy (non-hydrogen) atoms. The average molecular weight is 297 g/mol. The molecule has 6 heteroatoms. The van der Waals surface area contributed by atoms with Gasteiger partial charge in [-0.2, -0.15) is 0 Å². The van der Waals surface area contributed by atoms with Crippen LogP contribution in [0, 0.1) is 0 Å². The van der Waals surface area contributed by atoms with E-state index in [4.69, 9.17) is 5.73 Å². The topological polar surface area (TPSA) is 73.8 Å². The van der Waals surface area contributed by atoms with Crippen molar-refractivity contribution < 1.29 is 4.79 Å². The number of nitrogens with two attached hydrogens (primary N) is 1. The highest BCUT2D eigenvalue weighted by Crippen LogP contribution is 2.43. The fourth-order valence-electron chi connectivity index (χ4n) is 2.63. The van der Waals surface area contributed by atoms with Crippen molar-refractivity contribution in [3.8, 4) is 0 Å². The molecule has 1 aromatic carbocycles. The molecule has 1 radical (unpaired) electrons. The van der Waals surface area contributed by atoms with Crippen molar-refractivity contribution in [3.63, 3.8) is 0 Å². The molecule has 0 saturated heterocycles. The second-order valence-electron chi connectivity index (χ2n) is 4.97. The van der Waals surface area contributed by atoms with Crippen LogP contribution in [0.2, 0.25) is 0 Å². The lowest BCUT2D eigenvalue weighted by Crippen LogP contribution is -2.14. The van der Waals surface area contributed by atoms with E-state index in [-0.39, 0.29) is 5.25 Å². The van der Waals surface area contributed by atoms with Crippen LogP contribution >= 0.6 is 11.8 Å². The van der Waals surface area contributed by atoms with Crippen LogP contribution in [0.1, 0.15) is 21.4 Å². The van der Waals surface area contributed by atoms with Gasteiger partial charge in [-0.3, -0.25) is 4.79 Å². The Labute approximate surface area is 125 Å². The Bertz CT molecular complexity index is 858. The average Bonchev–Trinajstić information content (AvgIpc) is 3.05. The van der Waals surface area contributed by atoms with E-state index in [0.29, 0.717) is 5.69 Å². The zero-order chi connectivity index (χ0) is 14.4. The molecule has 1 aliphatic heterocycles. The summed E-state index contributed by atoms with van der Waals surface area (Å²) in [5.74, 6) is -0.491. The molecule has 0 bridgehead atoms. The van der Waals surface area contributed by atoms with Crippen LogP contribution in [0.25, 0.3) is 11.0 Å². The number of hydrogen-bond acceptors (Lipinski definition) is 3. The van der Waals surface area contributed by atoms with Crippen molar-refractivity contribution in [2.45, 2.75) is 17.0 Å². The first-order valence-corrected chi connectivity index (χ1v) is 7.61. The number of thiol groups is 1. The van der Waals surface area contributed by atoms with E-state index < -0.39 is 5.91 Å². The van der Waals surface area contributed by atoms with Gasteiger partial charge in [-0.15, -0.1) is 11.8 Å². The monoisotopic (exact) mass is 297 g/mol. The summed E-state index contributed by atoms with van der Waals surface area (Å²) in [7, 11) is 0. The van der Waals surface area contributed by atoms with E-state index in [1.807, 2.05) is 30.3 Å². The molecule has 3 aromatic rings. The van der Waals surface area contributed by atoms with Gasteiger partial charge in [0.1, 0.15) is 5.69 Å². The van der Waals surface area contributed by atoms with E-state index in [2.05, 4.69) is 20.6 Å². The minimum atomic E-state index is -0.491. The van der Waals surface area contributed by atoms with Crippen LogP contribution in [0.3, 0.4) is 0 Å². The maximum Gasteiger partial charge on any atom is 0.267 e. The Kier molecular flexibility index (Phi) is 2.71. The first-order valence-electron chi connectivity index (χ1n) is 6.65. The maximum absolute atomic E-state index is 11.3. The van der Waals surface area contributed by atoms with E-state index in [1.54, 1.807) is 6.07 Å². The highest BCUT2D eigenvalue weighted by atomic mass is 32.2. The molecule has 1 atom stereocenters. The summed E-state index contributed by atoms with van der Waals surface area (Å²) >= 11 is 1.12. The quantitative estimate of drug-likeness (QED) is 0.711. The molecule has 1 aliphatic rings. The number of carbonyl (C=O) groups excluding carboxylic acids is 1. The van der Waals surface area contributed by atoms with Gasteiger partial charge < -0.3 is 10.3 Å². The summed E-state index contributed by atoms with van der Waals surface area (Å²) in [6, 6.07) is 13.5. The van der Waals surface area contributed by atoms with Gasteiger partial charge in [0, 0.05) is 6.54 Å². The number of amides is 1. The minimum absolute atomic E-state index is 0.219. The summed E-state index contributed by atoms with van der Waals surface area (Å²) in [6.45, 7) is 0.826. The molecular weight excluding hydrogens is 284 g/mol. The second kappa shape index (κ2) is 4.60. The Morgan fingerprint density at radius 3 is 2.90 bits per heavy atom. The molecule has 0 fully saturated rings. The van der Waals surface area contributed by atoms with Crippen molar-refractivity contribution in [2.75, 3.05) is 0 Å². The first kappa shape index (κ1) is 12.4. The predicted molar refractivity (Wildman–Crippen MR) is 82.5 cm³/mol. The van der Waals surface area contributed by atoms with Crippen LogP contribution < -0.4 is 5.73 Å². The molecule has 5 nitrogen and oxygen atoms in total. The largest absolute Gasteiger partial charge is 0.364 e. The van der Waals surface area contributed by atoms with E-state index in [9.17, 15) is 4.79 Å². The van der Waals surface area contributed by atoms with Crippen LogP contribution in [-0.2, 0) is 6.54 Å². The smallest absolute Gasteiger partial charge is 0.267 e. The molecular formula is C15H13N4OS. The lowest BCUT2D eigenvalue weighted by molar-refractivity contribution is 0.0995. The maximum atomic E-state index is 11.3. The van der Waals surface area contributed by atoms with Gasteiger partial charge in [-0.1, -0.05) is 18.2 Å². The number of imidazole rings is 1. The molecule has 2 N–H and O–H groups in total. The van der Waals surface area contributed by atoms with Crippen LogP contribution in [0.5, 0.6) is 0 Å². The van der Waals surface area contributed by atoms with Crippen LogP contribution in [-0.4, -0.2) is 20.4 Å². The Morgan fingerprint density at radius 2 is 2.05 bits per heavy atom. The fraction of sp³-hybridized carbons (Fsp3) is 0.133. The molecule has 1 amide bonds. The van der Waals surface area contributed by atoms with E-state index in [0.717, 1.165) is 40.2 Å². The summed E-state index contributed by atoms with van der Waals surface area (Å²) in [6.07, 6.45) is 0. The zero-order valence-corrected chi connectivity index (χ0v) is 12.0. The predicted octanol–water partition coefficient (Wildman–Crippen LogP) is 2.11. The highest BCUT2D eigenvalue weighted by molar-refractivity contribution is 7.99. The summed E-state index contributed by atoms with van der Waals surface area (Å²) in [5, 5.41) is 1.27. The van der Waals surface area contributed by atoms with Crippen molar-refractivity contribution in [3.05, 3.63) is 53.9 Å². The van der Waals surface area contributed by atoms with Crippen molar-refractivity contribution >= 4 is 28.7 Å². The summed E-state index contributed by atoms with van der Waals surface area (Å²) < 4.78 is 2.22. The number of benzene rings is 1. The number of carbonyl (C=O) groups is 1. The van der Waals surface area contributed by atoms with Crippen LogP contribution in [0.15, 0.2) is 47.6 Å². The second-order valence-corrected chi connectivity index (χ2v) is 6.25. The van der Waals surface area contributed by atoms with Gasteiger partial charge >= 0.3 is 0 Å². The molecule has 3 heterocycles. The zero-order valence-electron chi connectivity index (χ0n) is 11.1. The van der Waals surface area contributed by atoms with Gasteiger partial charge in [0.2, 0.25) is 0 Å². The molecule has 1 unspecified atom stereocenters. The van der Waals surface area contributed by atoms with E-state index in [1.165, 1.54) is 0 Å². The van der Waals surface area contributed by atoms with Gasteiger partial charge in [-0.25, -0.2) is 9.97 Å². The van der Waals surface area contributed by atoms with Gasteiger partial charge in [0.25, 0.3) is 5.91 Å². The fourth-order valence-corrected chi connectivity index (χ4v) is 3.92. The lowest BCUT2D eigenvalue weighted by atomic mass is 10.2. The third-order valence-electron chi connectivity index (χ3n) is 3.63. The van der Waals surface area contributed by atoms with Gasteiger partial charge in [-0.05, 0) is 24.3 Å². The number of hydrogen-bond donors (Lipinski definition) is 2. The molecule has 105 valence electrons. The van der Waals surface area contributed by atoms with Crippen molar-refractivity contribution in [2.24, 2.45) is 5.73 Å². The lowest BCUT2D eigenvalue weighted by Gasteiger charge is -2.09. The third-order valence-corrected chi connectivity index (χ3v) is 4.94. The number of fused-ring (bicyclic) bond motifs is 3. The first-order chi connectivity index (χ1) is 10.2. The van der Waals surface area contributed by atoms with E-state index >= 15 is 0 Å². The SMILES string of the molecule is NC(=O)c1cccc(C2Cn3c(nc4ccccc43)[SH]2)n1. The van der Waals surface area contributed by atoms with Gasteiger partial charge in [0.15, 0.2) is 5.16 Å². The standard InChI is InChI=1S/C15H13N4OS/c16-14(20)11-6-3-5-10(17-11)13-8-19-12-7-2-1-4-9(12)18-15(19)21-13/h1-7,13,21H,8H2,(H2,16,20). The number of nitrogens with zero attached hydrogens (tertiary/aromatic N) is 3. The summed E-state index contributed by atoms with van der Waals surface area (Å²) in [4.78, 5) is 20.3. The number of pyridine rings is 1. The van der Waals surface area contributed by atoms with Crippen molar-refractivity contribution in [1.29, 1.82) is 0 Å². The molecule has 2 aromatic heterocycles. The number of primary amides is 1. The Hall–Kier alpha value is -2.34. The highest BCUT2D eigenvalue weighted by Gasteiger charge is 2.26. The number of para-hydroxylation sites is 2. The van der Waals surface area contributed by atoms with Gasteiger partial charge in [0.05, 0.1) is 22.0 Å². The van der Waals surface area contributed by atoms with Crippen LogP contribution in [0.4, 0.5) is 0 Å². The molecule has 0 spiro atoms. The third kappa shape index (κ3) is 1.99. The van der Waals surface area contributed by atoms with Crippen molar-refractivity contribution in [1.82, 2.24) is 14.5 Å². The number of aromatic nitrogens is 3. The normalized spacial score (nSPS) is 17.0. The summed E-state index contributed by atoms with van der Waals surface area (Å²) in [5.41, 5.74) is 8.68. The Morgan fingerprint density at radius 1 is 1.19 bits per heavy atom. The minimum Gasteiger partial charge on any atom is -0.364 e. The molecule has 0 aliphatic carbocycles. The Balaban J connectivity index is 1.70. The molecule has 0 saturated carbocycles. The number of rotatable bonds is 2.